The van der Waals surface area contributed by atoms with Crippen LogP contribution in [0.3, 0.4) is 0 Å². The Bertz CT molecular complexity index is 1090. The van der Waals surface area contributed by atoms with Crippen molar-refractivity contribution >= 4 is 28.7 Å². The molecule has 7 nitrogen and oxygen atoms in total. The number of ether oxygens (including phenoxy) is 2. The molecular weight excluding hydrogens is 391 g/mol. The second-order valence-electron chi connectivity index (χ2n) is 7.33. The molecule has 0 aliphatic carbocycles. The van der Waals surface area contributed by atoms with Gasteiger partial charge in [-0.2, -0.15) is 0 Å². The maximum absolute atomic E-state index is 13.4. The third kappa shape index (κ3) is 4.53. The van der Waals surface area contributed by atoms with Crippen molar-refractivity contribution in [1.82, 2.24) is 0 Å². The van der Waals surface area contributed by atoms with Crippen LogP contribution >= 0.6 is 0 Å². The monoisotopic (exact) mass is 414 g/mol. The molecule has 8 heteroatoms. The highest BCUT2D eigenvalue weighted by Crippen LogP contribution is 2.40. The van der Waals surface area contributed by atoms with Gasteiger partial charge >= 0.3 is 12.1 Å². The lowest BCUT2D eigenvalue weighted by Crippen LogP contribution is -2.18. The van der Waals surface area contributed by atoms with Gasteiger partial charge in [0.25, 0.3) is 0 Å². The Morgan fingerprint density at radius 2 is 1.77 bits per heavy atom. The van der Waals surface area contributed by atoms with Gasteiger partial charge in [0.1, 0.15) is 28.5 Å². The maximum atomic E-state index is 13.4. The summed E-state index contributed by atoms with van der Waals surface area (Å²) < 4.78 is 29.8. The zero-order valence-electron chi connectivity index (χ0n) is 17.1. The van der Waals surface area contributed by atoms with E-state index in [1.54, 1.807) is 12.1 Å². The Labute approximate surface area is 172 Å². The van der Waals surface area contributed by atoms with Crippen molar-refractivity contribution in [3.8, 4) is 17.1 Å². The predicted octanol–water partition coefficient (Wildman–Crippen LogP) is 5.08. The molecule has 1 aromatic heterocycles. The smallest absolute Gasteiger partial charge is 0.412 e. The van der Waals surface area contributed by atoms with Crippen molar-refractivity contribution in [2.45, 2.75) is 39.8 Å². The Kier molecular flexibility index (Phi) is 5.96. The molecule has 0 atom stereocenters. The fourth-order valence-electron chi connectivity index (χ4n) is 3.05. The standard InChI is InChI=1S/C22H23FN2O5/c1-11(2)25-16-10-17-15(9-18(16)28-12(3)4)19(21(26)30-22(24)27)20(29-17)13-5-7-14(23)8-6-13/h5-12,25H,1-4H3,(H2,24,27). The molecule has 0 spiro atoms. The first kappa shape index (κ1) is 21.2. The van der Waals surface area contributed by atoms with Crippen molar-refractivity contribution in [2.75, 3.05) is 5.32 Å². The van der Waals surface area contributed by atoms with Gasteiger partial charge in [0.15, 0.2) is 0 Å². The maximum Gasteiger partial charge on any atom is 0.412 e. The van der Waals surface area contributed by atoms with E-state index in [1.807, 2.05) is 27.7 Å². The average Bonchev–Trinajstić information content (AvgIpc) is 2.99. The van der Waals surface area contributed by atoms with Crippen LogP contribution in [0.15, 0.2) is 40.8 Å². The number of rotatable bonds is 6. The number of primary amides is 1. The molecule has 0 unspecified atom stereocenters. The number of hydrogen-bond acceptors (Lipinski definition) is 6. The number of hydrogen-bond donors (Lipinski definition) is 2. The quantitative estimate of drug-likeness (QED) is 0.430. The second-order valence-corrected chi connectivity index (χ2v) is 7.33. The SMILES string of the molecule is CC(C)Nc1cc2oc(-c3ccc(F)cc3)c(C(=O)OC(N)=O)c2cc1OC(C)C. The van der Waals surface area contributed by atoms with Gasteiger partial charge in [0, 0.05) is 23.1 Å². The van der Waals surface area contributed by atoms with Crippen LogP contribution in [0, 0.1) is 5.82 Å². The topological polar surface area (TPSA) is 104 Å². The van der Waals surface area contributed by atoms with Crippen molar-refractivity contribution < 1.29 is 27.9 Å². The first-order chi connectivity index (χ1) is 14.2. The van der Waals surface area contributed by atoms with E-state index in [0.29, 0.717) is 28.0 Å². The second kappa shape index (κ2) is 8.44. The molecule has 3 N–H and O–H groups in total. The molecular formula is C22H23FN2O5. The summed E-state index contributed by atoms with van der Waals surface area (Å²) in [6.45, 7) is 7.71. The molecule has 0 fully saturated rings. The number of halogens is 1. The molecule has 1 amide bonds. The summed E-state index contributed by atoms with van der Waals surface area (Å²) in [5.41, 5.74) is 6.52. The minimum absolute atomic E-state index is 0.000103. The number of carbonyl (C=O) groups is 2. The highest BCUT2D eigenvalue weighted by molar-refractivity contribution is 6.12. The fraction of sp³-hybridized carbons (Fsp3) is 0.273. The lowest BCUT2D eigenvalue weighted by molar-refractivity contribution is 0.0640. The molecule has 3 rings (SSSR count). The van der Waals surface area contributed by atoms with E-state index in [-0.39, 0.29) is 23.5 Å². The molecule has 30 heavy (non-hydrogen) atoms. The summed E-state index contributed by atoms with van der Waals surface area (Å²) in [5, 5.41) is 3.66. The molecule has 0 saturated heterocycles. The molecule has 0 radical (unpaired) electrons. The fourth-order valence-corrected chi connectivity index (χ4v) is 3.05. The van der Waals surface area contributed by atoms with E-state index in [2.05, 4.69) is 10.1 Å². The van der Waals surface area contributed by atoms with Crippen molar-refractivity contribution in [1.29, 1.82) is 0 Å². The van der Waals surface area contributed by atoms with Crippen LogP contribution in [-0.2, 0) is 4.74 Å². The highest BCUT2D eigenvalue weighted by atomic mass is 19.1. The van der Waals surface area contributed by atoms with Crippen LogP contribution < -0.4 is 15.8 Å². The lowest BCUT2D eigenvalue weighted by atomic mass is 10.0. The van der Waals surface area contributed by atoms with Crippen molar-refractivity contribution in [3.63, 3.8) is 0 Å². The third-order valence-corrected chi connectivity index (χ3v) is 4.10. The minimum atomic E-state index is -1.24. The lowest BCUT2D eigenvalue weighted by Gasteiger charge is -2.17. The van der Waals surface area contributed by atoms with Gasteiger partial charge in [0.05, 0.1) is 11.8 Å². The van der Waals surface area contributed by atoms with E-state index < -0.39 is 17.9 Å². The van der Waals surface area contributed by atoms with Gasteiger partial charge in [-0.1, -0.05) is 0 Å². The number of esters is 1. The predicted molar refractivity (Wildman–Crippen MR) is 111 cm³/mol. The van der Waals surface area contributed by atoms with Gasteiger partial charge in [-0.15, -0.1) is 0 Å². The molecule has 0 bridgehead atoms. The van der Waals surface area contributed by atoms with Crippen LogP contribution in [0.25, 0.3) is 22.3 Å². The molecule has 0 aliphatic heterocycles. The van der Waals surface area contributed by atoms with Crippen LogP contribution in [0.1, 0.15) is 38.1 Å². The van der Waals surface area contributed by atoms with E-state index in [4.69, 9.17) is 14.9 Å². The number of anilines is 1. The summed E-state index contributed by atoms with van der Waals surface area (Å²) in [6, 6.07) is 8.88. The minimum Gasteiger partial charge on any atom is -0.489 e. The molecule has 0 aliphatic rings. The summed E-state index contributed by atoms with van der Waals surface area (Å²) in [4.78, 5) is 23.9. The Morgan fingerprint density at radius 1 is 1.10 bits per heavy atom. The van der Waals surface area contributed by atoms with Crippen LogP contribution in [0.4, 0.5) is 14.9 Å². The first-order valence-corrected chi connectivity index (χ1v) is 9.47. The van der Waals surface area contributed by atoms with Crippen LogP contribution in [0.5, 0.6) is 5.75 Å². The number of benzene rings is 2. The summed E-state index contributed by atoms with van der Waals surface area (Å²) in [7, 11) is 0. The third-order valence-electron chi connectivity index (χ3n) is 4.10. The molecule has 158 valence electrons. The van der Waals surface area contributed by atoms with Gasteiger partial charge in [-0.05, 0) is 58.0 Å². The highest BCUT2D eigenvalue weighted by Gasteiger charge is 2.26. The molecule has 0 saturated carbocycles. The summed E-state index contributed by atoms with van der Waals surface area (Å²) in [5.74, 6) is -0.771. The number of furan rings is 1. The van der Waals surface area contributed by atoms with E-state index in [9.17, 15) is 14.0 Å². The van der Waals surface area contributed by atoms with E-state index >= 15 is 0 Å². The Morgan fingerprint density at radius 3 is 2.33 bits per heavy atom. The first-order valence-electron chi connectivity index (χ1n) is 9.47. The molecule has 1 heterocycles. The van der Waals surface area contributed by atoms with Gasteiger partial charge in [0.2, 0.25) is 0 Å². The number of nitrogens with one attached hydrogen (secondary N) is 1. The zero-order chi connectivity index (χ0) is 22.0. The zero-order valence-corrected chi connectivity index (χ0v) is 17.1. The average molecular weight is 414 g/mol. The van der Waals surface area contributed by atoms with Crippen molar-refractivity contribution in [2.24, 2.45) is 5.73 Å². The number of nitrogens with two attached hydrogens (primary N) is 1. The number of fused-ring (bicyclic) bond motifs is 1. The van der Waals surface area contributed by atoms with Gasteiger partial charge in [-0.25, -0.2) is 14.0 Å². The van der Waals surface area contributed by atoms with Crippen LogP contribution in [-0.4, -0.2) is 24.2 Å². The summed E-state index contributed by atoms with van der Waals surface area (Å²) in [6.07, 6.45) is -1.36. The van der Waals surface area contributed by atoms with Crippen molar-refractivity contribution in [3.05, 3.63) is 47.8 Å². The molecule has 3 aromatic rings. The Balaban J connectivity index is 2.27. The number of amides is 1. The summed E-state index contributed by atoms with van der Waals surface area (Å²) >= 11 is 0. The normalized spacial score (nSPS) is 11.2. The Hall–Kier alpha value is -3.55. The van der Waals surface area contributed by atoms with Crippen LogP contribution in [0.2, 0.25) is 0 Å². The van der Waals surface area contributed by atoms with E-state index in [1.165, 1.54) is 24.3 Å². The van der Waals surface area contributed by atoms with E-state index in [0.717, 1.165) is 0 Å². The van der Waals surface area contributed by atoms with Gasteiger partial charge < -0.3 is 24.9 Å². The largest absolute Gasteiger partial charge is 0.489 e. The van der Waals surface area contributed by atoms with Gasteiger partial charge in [-0.3, -0.25) is 0 Å². The number of carbonyl (C=O) groups excluding carboxylic acids is 2. The molecule has 2 aromatic carbocycles.